The van der Waals surface area contributed by atoms with Crippen molar-refractivity contribution in [3.05, 3.63) is 36.3 Å². The molecule has 0 atom stereocenters. The Morgan fingerprint density at radius 3 is 2.79 bits per heavy atom. The molecule has 0 unspecified atom stereocenters. The van der Waals surface area contributed by atoms with Crippen molar-refractivity contribution < 1.29 is 0 Å². The summed E-state index contributed by atoms with van der Waals surface area (Å²) in [6.07, 6.45) is 5.13. The number of hydrogen-bond donors (Lipinski definition) is 1. The topological polar surface area (TPSA) is 64.7 Å². The minimum atomic E-state index is 0.513. The summed E-state index contributed by atoms with van der Waals surface area (Å²) in [6, 6.07) is 3.74. The highest BCUT2D eigenvalue weighted by molar-refractivity contribution is 5.55. The molecule has 0 fully saturated rings. The van der Waals surface area contributed by atoms with E-state index in [2.05, 4.69) is 15.0 Å². The molecule has 0 saturated heterocycles. The summed E-state index contributed by atoms with van der Waals surface area (Å²) >= 11 is 0. The molecule has 2 rings (SSSR count). The Balaban J connectivity index is 2.48. The Bertz CT molecular complexity index is 439. The van der Waals surface area contributed by atoms with Crippen LogP contribution in [0.15, 0.2) is 30.7 Å². The van der Waals surface area contributed by atoms with Gasteiger partial charge >= 0.3 is 0 Å². The molecular weight excluding hydrogens is 176 g/mol. The zero-order chi connectivity index (χ0) is 9.97. The van der Waals surface area contributed by atoms with Gasteiger partial charge in [-0.15, -0.1) is 0 Å². The molecule has 2 aromatic rings. The van der Waals surface area contributed by atoms with E-state index >= 15 is 0 Å². The van der Waals surface area contributed by atoms with Crippen molar-refractivity contribution >= 4 is 5.82 Å². The number of aryl methyl sites for hydroxylation is 1. The lowest BCUT2D eigenvalue weighted by molar-refractivity contribution is 1.14. The van der Waals surface area contributed by atoms with Crippen LogP contribution in [0.5, 0.6) is 0 Å². The van der Waals surface area contributed by atoms with Gasteiger partial charge in [-0.3, -0.25) is 4.98 Å². The first-order valence-electron chi connectivity index (χ1n) is 4.27. The van der Waals surface area contributed by atoms with Crippen LogP contribution < -0.4 is 5.73 Å². The summed E-state index contributed by atoms with van der Waals surface area (Å²) in [4.78, 5) is 12.3. The first kappa shape index (κ1) is 8.62. The number of nitrogen functional groups attached to an aromatic ring is 1. The first-order valence-corrected chi connectivity index (χ1v) is 4.27. The second-order valence-electron chi connectivity index (χ2n) is 3.00. The normalized spacial score (nSPS) is 10.1. The Morgan fingerprint density at radius 2 is 2.14 bits per heavy atom. The van der Waals surface area contributed by atoms with Crippen LogP contribution in [0.3, 0.4) is 0 Å². The van der Waals surface area contributed by atoms with E-state index in [0.717, 1.165) is 11.1 Å². The van der Waals surface area contributed by atoms with E-state index in [1.165, 1.54) is 0 Å². The third-order valence-electron chi connectivity index (χ3n) is 1.93. The highest BCUT2D eigenvalue weighted by atomic mass is 14.9. The fourth-order valence-electron chi connectivity index (χ4n) is 1.09. The SMILES string of the molecule is Cc1cnc(-c2cccnc2)nc1N. The lowest BCUT2D eigenvalue weighted by Crippen LogP contribution is -1.98. The van der Waals surface area contributed by atoms with Crippen LogP contribution in [0, 0.1) is 6.92 Å². The van der Waals surface area contributed by atoms with Gasteiger partial charge in [0, 0.05) is 29.7 Å². The van der Waals surface area contributed by atoms with Gasteiger partial charge in [-0.1, -0.05) is 0 Å². The minimum absolute atomic E-state index is 0.513. The molecule has 0 radical (unpaired) electrons. The average molecular weight is 186 g/mol. The molecule has 4 heteroatoms. The zero-order valence-corrected chi connectivity index (χ0v) is 7.81. The largest absolute Gasteiger partial charge is 0.383 e. The number of hydrogen-bond acceptors (Lipinski definition) is 4. The molecule has 0 aromatic carbocycles. The van der Waals surface area contributed by atoms with Gasteiger partial charge < -0.3 is 5.73 Å². The van der Waals surface area contributed by atoms with Crippen molar-refractivity contribution in [2.75, 3.05) is 5.73 Å². The molecule has 0 bridgehead atoms. The maximum absolute atomic E-state index is 5.69. The fraction of sp³-hybridized carbons (Fsp3) is 0.100. The van der Waals surface area contributed by atoms with Crippen LogP contribution in [0.1, 0.15) is 5.56 Å². The molecule has 14 heavy (non-hydrogen) atoms. The molecule has 0 saturated carbocycles. The molecule has 0 aliphatic carbocycles. The molecule has 0 aliphatic heterocycles. The lowest BCUT2D eigenvalue weighted by atomic mass is 10.2. The average Bonchev–Trinajstić information content (AvgIpc) is 2.23. The van der Waals surface area contributed by atoms with Gasteiger partial charge in [0.05, 0.1) is 0 Å². The first-order chi connectivity index (χ1) is 6.77. The van der Waals surface area contributed by atoms with Gasteiger partial charge in [-0.2, -0.15) is 0 Å². The summed E-state index contributed by atoms with van der Waals surface area (Å²) in [5, 5.41) is 0. The molecular formula is C10H10N4. The van der Waals surface area contributed by atoms with E-state index in [9.17, 15) is 0 Å². The predicted molar refractivity (Wildman–Crippen MR) is 54.4 cm³/mol. The van der Waals surface area contributed by atoms with Gasteiger partial charge in [0.1, 0.15) is 5.82 Å². The molecule has 0 aliphatic rings. The van der Waals surface area contributed by atoms with E-state index < -0.39 is 0 Å². The van der Waals surface area contributed by atoms with Gasteiger partial charge in [0.15, 0.2) is 5.82 Å². The highest BCUT2D eigenvalue weighted by Gasteiger charge is 2.02. The molecule has 0 amide bonds. The van der Waals surface area contributed by atoms with Crippen molar-refractivity contribution in [1.82, 2.24) is 15.0 Å². The second kappa shape index (κ2) is 3.41. The summed E-state index contributed by atoms with van der Waals surface area (Å²) < 4.78 is 0. The monoisotopic (exact) mass is 186 g/mol. The molecule has 2 heterocycles. The second-order valence-corrected chi connectivity index (χ2v) is 3.00. The maximum Gasteiger partial charge on any atom is 0.163 e. The van der Waals surface area contributed by atoms with Crippen LogP contribution in [0.2, 0.25) is 0 Å². The van der Waals surface area contributed by atoms with E-state index in [1.54, 1.807) is 18.6 Å². The van der Waals surface area contributed by atoms with Crippen LogP contribution in [-0.4, -0.2) is 15.0 Å². The maximum atomic E-state index is 5.69. The van der Waals surface area contributed by atoms with Gasteiger partial charge in [0.2, 0.25) is 0 Å². The Kier molecular flexibility index (Phi) is 2.10. The standard InChI is InChI=1S/C10H10N4/c1-7-5-13-10(14-9(7)11)8-3-2-4-12-6-8/h2-6H,1H3,(H2,11,13,14). The van der Waals surface area contributed by atoms with Crippen molar-refractivity contribution in [2.24, 2.45) is 0 Å². The number of rotatable bonds is 1. The fourth-order valence-corrected chi connectivity index (χ4v) is 1.09. The van der Waals surface area contributed by atoms with Crippen LogP contribution in [0.4, 0.5) is 5.82 Å². The number of aromatic nitrogens is 3. The highest BCUT2D eigenvalue weighted by Crippen LogP contribution is 2.15. The van der Waals surface area contributed by atoms with Gasteiger partial charge in [-0.05, 0) is 19.1 Å². The number of anilines is 1. The predicted octanol–water partition coefficient (Wildman–Crippen LogP) is 1.43. The third-order valence-corrected chi connectivity index (χ3v) is 1.93. The van der Waals surface area contributed by atoms with E-state index in [-0.39, 0.29) is 0 Å². The van der Waals surface area contributed by atoms with Crippen LogP contribution in [0.25, 0.3) is 11.4 Å². The van der Waals surface area contributed by atoms with E-state index in [1.807, 2.05) is 19.1 Å². The van der Waals surface area contributed by atoms with Crippen molar-refractivity contribution in [3.8, 4) is 11.4 Å². The zero-order valence-electron chi connectivity index (χ0n) is 7.81. The van der Waals surface area contributed by atoms with Crippen molar-refractivity contribution in [2.45, 2.75) is 6.92 Å². The lowest BCUT2D eigenvalue weighted by Gasteiger charge is -2.01. The molecule has 2 N–H and O–H groups in total. The molecule has 70 valence electrons. The van der Waals surface area contributed by atoms with Crippen LogP contribution in [-0.2, 0) is 0 Å². The summed E-state index contributed by atoms with van der Waals surface area (Å²) in [6.45, 7) is 1.88. The Hall–Kier alpha value is -1.97. The number of nitrogens with two attached hydrogens (primary N) is 1. The third kappa shape index (κ3) is 1.54. The Morgan fingerprint density at radius 1 is 1.29 bits per heavy atom. The number of pyridine rings is 1. The van der Waals surface area contributed by atoms with Gasteiger partial charge in [0.25, 0.3) is 0 Å². The number of nitrogens with zero attached hydrogens (tertiary/aromatic N) is 3. The Labute approximate surface area is 81.9 Å². The molecule has 0 spiro atoms. The minimum Gasteiger partial charge on any atom is -0.383 e. The van der Waals surface area contributed by atoms with Crippen LogP contribution >= 0.6 is 0 Å². The molecule has 4 nitrogen and oxygen atoms in total. The summed E-state index contributed by atoms with van der Waals surface area (Å²) in [7, 11) is 0. The van der Waals surface area contributed by atoms with Gasteiger partial charge in [-0.25, -0.2) is 9.97 Å². The van der Waals surface area contributed by atoms with E-state index in [0.29, 0.717) is 11.6 Å². The summed E-state index contributed by atoms with van der Waals surface area (Å²) in [5.41, 5.74) is 7.45. The molecule has 2 aromatic heterocycles. The smallest absolute Gasteiger partial charge is 0.163 e. The quantitative estimate of drug-likeness (QED) is 0.731. The summed E-state index contributed by atoms with van der Waals surface area (Å²) in [5.74, 6) is 1.13. The van der Waals surface area contributed by atoms with Crippen molar-refractivity contribution in [3.63, 3.8) is 0 Å². The van der Waals surface area contributed by atoms with Crippen molar-refractivity contribution in [1.29, 1.82) is 0 Å². The van der Waals surface area contributed by atoms with E-state index in [4.69, 9.17) is 5.73 Å².